The third kappa shape index (κ3) is 3.80. The molecule has 2 aromatic carbocycles. The third-order valence-corrected chi connectivity index (χ3v) is 4.66. The summed E-state index contributed by atoms with van der Waals surface area (Å²) in [6.07, 6.45) is 0. The molecule has 0 aliphatic heterocycles. The molecule has 3 N–H and O–H groups in total. The van der Waals surface area contributed by atoms with Gasteiger partial charge in [-0.2, -0.15) is 0 Å². The van der Waals surface area contributed by atoms with Gasteiger partial charge >= 0.3 is 119 Å². The Morgan fingerprint density at radius 1 is 0.900 bits per heavy atom. The molecule has 0 aliphatic rings. The van der Waals surface area contributed by atoms with Crippen molar-refractivity contribution >= 4 is 35.6 Å². The molecule has 0 aliphatic carbocycles. The molecule has 2 aromatic rings. The van der Waals surface area contributed by atoms with Gasteiger partial charge in [0, 0.05) is 0 Å². The maximum atomic E-state index is 11.1. The fourth-order valence-corrected chi connectivity index (χ4v) is 2.65. The van der Waals surface area contributed by atoms with Crippen LogP contribution in [0.15, 0.2) is 58.8 Å². The predicted octanol–water partition coefficient (Wildman–Crippen LogP) is 1.70. The van der Waals surface area contributed by atoms with Gasteiger partial charge < -0.3 is 0 Å². The van der Waals surface area contributed by atoms with E-state index in [0.29, 0.717) is 11.4 Å². The van der Waals surface area contributed by atoms with E-state index < -0.39 is 14.2 Å². The average molecular weight is 335 g/mol. The Bertz CT molecular complexity index is 648. The summed E-state index contributed by atoms with van der Waals surface area (Å²) in [6.45, 7) is 0. The van der Waals surface area contributed by atoms with Crippen LogP contribution in [0.5, 0.6) is 0 Å². The van der Waals surface area contributed by atoms with Crippen molar-refractivity contribution in [3.8, 4) is 0 Å². The topological polar surface area (TPSA) is 94.3 Å². The summed E-state index contributed by atoms with van der Waals surface area (Å²) in [6, 6.07) is 13.2. The number of anilines is 1. The van der Waals surface area contributed by atoms with E-state index in [4.69, 9.17) is 8.19 Å². The number of azo groups is 1. The van der Waals surface area contributed by atoms with Gasteiger partial charge in [-0.15, -0.1) is 0 Å². The van der Waals surface area contributed by atoms with Gasteiger partial charge in [0.15, 0.2) is 0 Å². The van der Waals surface area contributed by atoms with E-state index in [-0.39, 0.29) is 4.35 Å². The maximum absolute atomic E-state index is 11.1. The Morgan fingerprint density at radius 3 is 1.75 bits per heavy atom. The minimum absolute atomic E-state index is 0.0282. The molecule has 0 amide bonds. The van der Waals surface area contributed by atoms with E-state index >= 15 is 0 Å². The van der Waals surface area contributed by atoms with Crippen molar-refractivity contribution in [2.45, 2.75) is 0 Å². The fourth-order valence-electron chi connectivity index (χ4n) is 1.52. The number of benzene rings is 2. The van der Waals surface area contributed by atoms with Crippen molar-refractivity contribution in [3.63, 3.8) is 0 Å². The quantitative estimate of drug-likeness (QED) is 0.586. The summed E-state index contributed by atoms with van der Waals surface area (Å²) in [7, 11) is 1.83. The van der Waals surface area contributed by atoms with Gasteiger partial charge in [-0.1, -0.05) is 0 Å². The molecule has 0 saturated carbocycles. The van der Waals surface area contributed by atoms with Crippen LogP contribution in [0.2, 0.25) is 0 Å². The second-order valence-corrected chi connectivity index (χ2v) is 7.42. The standard InChI is InChI=1S/C13H14AsN3O3/c1-15-11-6-8-13(9-7-11)17-16-12-4-2-10(3-5-12)14(18,19)20/h2-9,15H,1H3,(H2,18,19,20). The zero-order valence-electron chi connectivity index (χ0n) is 10.8. The molecular formula is C13H14AsN3O3. The molecule has 0 fully saturated rings. The number of nitrogens with one attached hydrogen (secondary N) is 1. The van der Waals surface area contributed by atoms with Crippen LogP contribution in [0.25, 0.3) is 0 Å². The summed E-state index contributed by atoms with van der Waals surface area (Å²) in [5.74, 6) is 0. The summed E-state index contributed by atoms with van der Waals surface area (Å²) in [5.41, 5.74) is 2.22. The third-order valence-electron chi connectivity index (χ3n) is 2.62. The van der Waals surface area contributed by atoms with Crippen LogP contribution in [-0.4, -0.2) is 29.4 Å². The van der Waals surface area contributed by atoms with Crippen LogP contribution in [0, 0.1) is 0 Å². The summed E-state index contributed by atoms with van der Waals surface area (Å²) < 4.78 is 29.2. The molecule has 0 unspecified atom stereocenters. The van der Waals surface area contributed by atoms with Crippen molar-refractivity contribution in [3.05, 3.63) is 48.5 Å². The van der Waals surface area contributed by atoms with Gasteiger partial charge in [0.25, 0.3) is 0 Å². The Morgan fingerprint density at radius 2 is 1.35 bits per heavy atom. The normalized spacial score (nSPS) is 11.8. The minimum atomic E-state index is -4.82. The van der Waals surface area contributed by atoms with E-state index in [0.717, 1.165) is 5.69 Å². The van der Waals surface area contributed by atoms with Crippen molar-refractivity contribution in [1.29, 1.82) is 0 Å². The molecule has 0 atom stereocenters. The van der Waals surface area contributed by atoms with Crippen molar-refractivity contribution < 1.29 is 11.9 Å². The Balaban J connectivity index is 2.12. The molecule has 2 rings (SSSR count). The van der Waals surface area contributed by atoms with Gasteiger partial charge in [0.2, 0.25) is 0 Å². The van der Waals surface area contributed by atoms with E-state index in [2.05, 4.69) is 15.5 Å². The van der Waals surface area contributed by atoms with Gasteiger partial charge in [0.05, 0.1) is 0 Å². The summed E-state index contributed by atoms with van der Waals surface area (Å²) in [4.78, 5) is 0. The van der Waals surface area contributed by atoms with Crippen molar-refractivity contribution in [1.82, 2.24) is 0 Å². The molecule has 7 heteroatoms. The van der Waals surface area contributed by atoms with Crippen molar-refractivity contribution in [2.75, 3.05) is 12.4 Å². The Kier molecular flexibility index (Phi) is 4.39. The van der Waals surface area contributed by atoms with Crippen LogP contribution in [-0.2, 0) is 3.74 Å². The van der Waals surface area contributed by atoms with Crippen LogP contribution >= 0.6 is 0 Å². The van der Waals surface area contributed by atoms with Crippen LogP contribution < -0.4 is 9.67 Å². The molecule has 0 saturated heterocycles. The Labute approximate surface area is 119 Å². The second kappa shape index (κ2) is 6.05. The molecule has 0 bridgehead atoms. The van der Waals surface area contributed by atoms with E-state index in [1.807, 2.05) is 31.3 Å². The van der Waals surface area contributed by atoms with Gasteiger partial charge in [-0.25, -0.2) is 0 Å². The predicted molar refractivity (Wildman–Crippen MR) is 77.1 cm³/mol. The Hall–Kier alpha value is -1.88. The SMILES string of the molecule is CNc1ccc(N=Nc2ccc([As](=O)(O)O)cc2)cc1. The molecule has 6 nitrogen and oxygen atoms in total. The van der Waals surface area contributed by atoms with Crippen LogP contribution in [0.3, 0.4) is 0 Å². The van der Waals surface area contributed by atoms with E-state index in [1.165, 1.54) is 24.3 Å². The summed E-state index contributed by atoms with van der Waals surface area (Å²) in [5, 5.41) is 11.1. The first-order chi connectivity index (χ1) is 9.49. The zero-order valence-corrected chi connectivity index (χ0v) is 12.6. The average Bonchev–Trinajstić information content (AvgIpc) is 2.45. The first-order valence-electron chi connectivity index (χ1n) is 5.85. The molecule has 0 aromatic heterocycles. The summed E-state index contributed by atoms with van der Waals surface area (Å²) >= 11 is -4.82. The van der Waals surface area contributed by atoms with E-state index in [9.17, 15) is 3.74 Å². The fraction of sp³-hybridized carbons (Fsp3) is 0.0769. The molecule has 0 spiro atoms. The molecule has 20 heavy (non-hydrogen) atoms. The zero-order chi connectivity index (χ0) is 14.6. The van der Waals surface area contributed by atoms with E-state index in [1.54, 1.807) is 0 Å². The van der Waals surface area contributed by atoms with Gasteiger partial charge in [-0.05, 0) is 0 Å². The van der Waals surface area contributed by atoms with Crippen LogP contribution in [0.1, 0.15) is 0 Å². The van der Waals surface area contributed by atoms with Gasteiger partial charge in [0.1, 0.15) is 0 Å². The van der Waals surface area contributed by atoms with Gasteiger partial charge in [-0.3, -0.25) is 0 Å². The molecule has 0 heterocycles. The van der Waals surface area contributed by atoms with Crippen LogP contribution in [0.4, 0.5) is 17.1 Å². The number of hydrogen-bond donors (Lipinski definition) is 3. The number of nitrogens with zero attached hydrogens (tertiary/aromatic N) is 2. The first kappa shape index (κ1) is 14.5. The molecule has 104 valence electrons. The monoisotopic (exact) mass is 335 g/mol. The number of rotatable bonds is 4. The van der Waals surface area contributed by atoms with Crippen molar-refractivity contribution in [2.24, 2.45) is 10.2 Å². The first-order valence-corrected chi connectivity index (χ1v) is 9.23. The molecule has 0 radical (unpaired) electrons. The number of hydrogen-bond acceptors (Lipinski definition) is 4. The molecular weight excluding hydrogens is 321 g/mol. The second-order valence-electron chi connectivity index (χ2n) is 4.06.